The molecule has 0 N–H and O–H groups in total. The molecule has 0 fully saturated rings. The standard InChI is InChI=1S/C72H56N2/c1-71(2)67-43-51(31-39-63(67)65-41-37-61(47-69(65)71)73(57-19-7-5-8-20-57)58-21-9-6-10-22-58)29-27-49-23-25-50(26-24-49)28-30-52-32-40-64-66-42-38-62(48-70(66)72(3,4)68(64)44-52)74(59-35-33-53-15-11-13-17-55(53)45-59)60-36-34-54-16-12-14-18-56(54)46-60/h5-48H,1-4H3. The molecule has 0 bridgehead atoms. The lowest BCUT2D eigenvalue weighted by Gasteiger charge is -2.28. The molecule has 74 heavy (non-hydrogen) atoms. The molecule has 0 unspecified atom stereocenters. The second-order valence-corrected chi connectivity index (χ2v) is 21.1. The third kappa shape index (κ3) is 7.91. The van der Waals surface area contributed by atoms with E-state index in [1.54, 1.807) is 0 Å². The van der Waals surface area contributed by atoms with Gasteiger partial charge in [0, 0.05) is 45.0 Å². The van der Waals surface area contributed by atoms with Crippen molar-refractivity contribution in [2.45, 2.75) is 38.5 Å². The van der Waals surface area contributed by atoms with Crippen molar-refractivity contribution in [3.8, 4) is 22.3 Å². The molecule has 11 aromatic rings. The number of nitrogens with zero attached hydrogens (tertiary/aromatic N) is 2. The van der Waals surface area contributed by atoms with E-state index in [1.807, 2.05) is 0 Å². The zero-order valence-corrected chi connectivity index (χ0v) is 42.3. The van der Waals surface area contributed by atoms with Crippen LogP contribution in [0.15, 0.2) is 243 Å². The van der Waals surface area contributed by atoms with E-state index >= 15 is 0 Å². The molecule has 0 spiro atoms. The average molecular weight is 949 g/mol. The van der Waals surface area contributed by atoms with Crippen molar-refractivity contribution >= 4 is 80.0 Å². The molecule has 0 aliphatic heterocycles. The lowest BCUT2D eigenvalue weighted by Crippen LogP contribution is -2.16. The van der Waals surface area contributed by atoms with Crippen molar-refractivity contribution in [2.75, 3.05) is 9.80 Å². The fourth-order valence-corrected chi connectivity index (χ4v) is 11.8. The van der Waals surface area contributed by atoms with Crippen LogP contribution in [0.5, 0.6) is 0 Å². The third-order valence-corrected chi connectivity index (χ3v) is 15.8. The van der Waals surface area contributed by atoms with Crippen LogP contribution >= 0.6 is 0 Å². The first kappa shape index (κ1) is 44.9. The fraction of sp³-hybridized carbons (Fsp3) is 0.0833. The van der Waals surface area contributed by atoms with Crippen molar-refractivity contribution in [1.29, 1.82) is 0 Å². The smallest absolute Gasteiger partial charge is 0.0468 e. The van der Waals surface area contributed by atoms with Crippen molar-refractivity contribution < 1.29 is 0 Å². The summed E-state index contributed by atoms with van der Waals surface area (Å²) in [6.45, 7) is 9.48. The second kappa shape index (κ2) is 17.9. The minimum atomic E-state index is -0.188. The van der Waals surface area contributed by atoms with E-state index in [2.05, 4.69) is 304 Å². The first-order chi connectivity index (χ1) is 36.2. The van der Waals surface area contributed by atoms with Gasteiger partial charge in [-0.15, -0.1) is 0 Å². The lowest BCUT2D eigenvalue weighted by molar-refractivity contribution is 0.660. The Balaban J connectivity index is 0.727. The Labute approximate surface area is 435 Å². The van der Waals surface area contributed by atoms with Crippen LogP contribution in [0, 0.1) is 0 Å². The highest BCUT2D eigenvalue weighted by Gasteiger charge is 2.37. The van der Waals surface area contributed by atoms with Crippen LogP contribution < -0.4 is 9.80 Å². The highest BCUT2D eigenvalue weighted by Crippen LogP contribution is 2.53. The van der Waals surface area contributed by atoms with Gasteiger partial charge in [0.2, 0.25) is 0 Å². The van der Waals surface area contributed by atoms with Gasteiger partial charge in [0.25, 0.3) is 0 Å². The average Bonchev–Trinajstić information content (AvgIpc) is 3.81. The van der Waals surface area contributed by atoms with Crippen molar-refractivity contribution in [2.24, 2.45) is 0 Å². The highest BCUT2D eigenvalue weighted by atomic mass is 15.1. The Hall–Kier alpha value is -8.98. The van der Waals surface area contributed by atoms with E-state index < -0.39 is 0 Å². The Morgan fingerprint density at radius 3 is 0.959 bits per heavy atom. The Kier molecular flexibility index (Phi) is 10.9. The number of hydrogen-bond donors (Lipinski definition) is 0. The number of fused-ring (bicyclic) bond motifs is 8. The van der Waals surface area contributed by atoms with Gasteiger partial charge in [0.15, 0.2) is 0 Å². The molecule has 11 aromatic carbocycles. The van der Waals surface area contributed by atoms with Gasteiger partial charge in [0.1, 0.15) is 0 Å². The maximum atomic E-state index is 2.43. The van der Waals surface area contributed by atoms with Gasteiger partial charge in [-0.05, 0) is 161 Å². The van der Waals surface area contributed by atoms with Crippen molar-refractivity contribution in [3.05, 3.63) is 287 Å². The molecule has 0 heterocycles. The molecule has 2 heteroatoms. The lowest BCUT2D eigenvalue weighted by atomic mass is 9.81. The van der Waals surface area contributed by atoms with E-state index in [0.717, 1.165) is 34.1 Å². The molecule has 2 nitrogen and oxygen atoms in total. The van der Waals surface area contributed by atoms with Gasteiger partial charge in [-0.1, -0.05) is 222 Å². The molecular formula is C72H56N2. The summed E-state index contributed by atoms with van der Waals surface area (Å²) in [5.74, 6) is 0. The second-order valence-electron chi connectivity index (χ2n) is 21.1. The van der Waals surface area contributed by atoms with E-state index in [9.17, 15) is 0 Å². The highest BCUT2D eigenvalue weighted by molar-refractivity contribution is 5.94. The Bertz CT molecular complexity index is 3890. The summed E-state index contributed by atoms with van der Waals surface area (Å²) in [6.07, 6.45) is 8.97. The first-order valence-electron chi connectivity index (χ1n) is 25.9. The van der Waals surface area contributed by atoms with Crippen LogP contribution in [0.2, 0.25) is 0 Å². The topological polar surface area (TPSA) is 6.48 Å². The van der Waals surface area contributed by atoms with Crippen LogP contribution in [0.1, 0.15) is 72.2 Å². The normalized spacial score (nSPS) is 13.8. The molecule has 354 valence electrons. The van der Waals surface area contributed by atoms with Crippen LogP contribution in [0.3, 0.4) is 0 Å². The number of anilines is 6. The summed E-state index contributed by atoms with van der Waals surface area (Å²) in [6, 6.07) is 89.0. The maximum Gasteiger partial charge on any atom is 0.0468 e. The number of hydrogen-bond acceptors (Lipinski definition) is 2. The summed E-state index contributed by atoms with van der Waals surface area (Å²) < 4.78 is 0. The van der Waals surface area contributed by atoms with E-state index in [1.165, 1.54) is 88.3 Å². The molecule has 2 aliphatic carbocycles. The van der Waals surface area contributed by atoms with Crippen molar-refractivity contribution in [1.82, 2.24) is 0 Å². The molecule has 0 radical (unpaired) electrons. The van der Waals surface area contributed by atoms with E-state index in [4.69, 9.17) is 0 Å². The summed E-state index contributed by atoms with van der Waals surface area (Å²) in [7, 11) is 0. The van der Waals surface area contributed by atoms with Gasteiger partial charge >= 0.3 is 0 Å². The number of benzene rings is 11. The summed E-state index contributed by atoms with van der Waals surface area (Å²) >= 11 is 0. The summed E-state index contributed by atoms with van der Waals surface area (Å²) in [5.41, 5.74) is 22.0. The monoisotopic (exact) mass is 948 g/mol. The van der Waals surface area contributed by atoms with Crippen LogP contribution in [0.25, 0.3) is 68.1 Å². The van der Waals surface area contributed by atoms with Gasteiger partial charge in [-0.3, -0.25) is 0 Å². The zero-order chi connectivity index (χ0) is 50.0. The van der Waals surface area contributed by atoms with Gasteiger partial charge < -0.3 is 9.80 Å². The minimum Gasteiger partial charge on any atom is -0.310 e. The number of rotatable bonds is 10. The quantitative estimate of drug-likeness (QED) is 0.126. The molecule has 0 saturated heterocycles. The third-order valence-electron chi connectivity index (χ3n) is 15.8. The van der Waals surface area contributed by atoms with E-state index in [-0.39, 0.29) is 10.8 Å². The molecule has 0 atom stereocenters. The first-order valence-corrected chi connectivity index (χ1v) is 25.9. The zero-order valence-electron chi connectivity index (χ0n) is 42.3. The molecule has 0 saturated carbocycles. The van der Waals surface area contributed by atoms with Gasteiger partial charge in [0.05, 0.1) is 0 Å². The maximum absolute atomic E-state index is 2.43. The van der Waals surface area contributed by atoms with Crippen LogP contribution in [0.4, 0.5) is 34.1 Å². The van der Waals surface area contributed by atoms with Crippen molar-refractivity contribution in [3.63, 3.8) is 0 Å². The molecule has 0 aromatic heterocycles. The fourth-order valence-electron chi connectivity index (χ4n) is 11.8. The minimum absolute atomic E-state index is 0.153. The predicted octanol–water partition coefficient (Wildman–Crippen LogP) is 19.9. The number of para-hydroxylation sites is 2. The Morgan fingerprint density at radius 1 is 0.243 bits per heavy atom. The predicted molar refractivity (Wildman–Crippen MR) is 317 cm³/mol. The summed E-state index contributed by atoms with van der Waals surface area (Å²) in [4.78, 5) is 4.77. The van der Waals surface area contributed by atoms with Crippen LogP contribution in [-0.4, -0.2) is 0 Å². The molecular weight excluding hydrogens is 893 g/mol. The summed E-state index contributed by atoms with van der Waals surface area (Å²) in [5, 5.41) is 4.93. The molecule has 2 aliphatic rings. The molecule has 0 amide bonds. The SMILES string of the molecule is CC1(C)c2cc(C=Cc3ccc(C=Cc4ccc5c(c4)C(C)(C)c4cc(N(c6ccc7ccccc7c6)c6ccc7ccccc7c6)ccc4-5)cc3)ccc2-c2ccc(N(c3ccccc3)c3ccccc3)cc21. The largest absolute Gasteiger partial charge is 0.310 e. The van der Waals surface area contributed by atoms with E-state index in [0.29, 0.717) is 0 Å². The Morgan fingerprint density at radius 2 is 0.541 bits per heavy atom. The van der Waals surface area contributed by atoms with Crippen LogP contribution in [-0.2, 0) is 10.8 Å². The molecule has 13 rings (SSSR count). The van der Waals surface area contributed by atoms with Gasteiger partial charge in [-0.25, -0.2) is 0 Å². The van der Waals surface area contributed by atoms with Gasteiger partial charge in [-0.2, -0.15) is 0 Å².